The summed E-state index contributed by atoms with van der Waals surface area (Å²) in [6, 6.07) is 21.1. The number of amides is 1. The lowest BCUT2D eigenvalue weighted by Crippen LogP contribution is -2.48. The number of allylic oxidation sites excluding steroid dienone is 1. The minimum atomic E-state index is -3.90. The number of sulfonamides is 1. The van der Waals surface area contributed by atoms with Crippen molar-refractivity contribution < 1.29 is 32.5 Å². The molecule has 1 saturated heterocycles. The molecular weight excluding hydrogens is 606 g/mol. The highest BCUT2D eigenvalue weighted by molar-refractivity contribution is 7.89. The summed E-state index contributed by atoms with van der Waals surface area (Å²) in [5, 5.41) is 9.65. The zero-order valence-electron chi connectivity index (χ0n) is 26.3. The number of rotatable bonds is 11. The van der Waals surface area contributed by atoms with Crippen LogP contribution in [0.15, 0.2) is 83.5 Å². The Morgan fingerprint density at radius 1 is 0.978 bits per heavy atom. The average Bonchev–Trinajstić information content (AvgIpc) is 3.46. The lowest BCUT2D eigenvalue weighted by atomic mass is 9.90. The maximum absolute atomic E-state index is 13.7. The number of likely N-dealkylation sites (N-methyl/N-ethyl adjacent to an activating group) is 1. The van der Waals surface area contributed by atoms with Crippen molar-refractivity contribution in [1.82, 2.24) is 14.1 Å². The van der Waals surface area contributed by atoms with Crippen LogP contribution in [0.4, 0.5) is 0 Å². The second-order valence-corrected chi connectivity index (χ2v) is 13.9. The molecule has 1 aliphatic carbocycles. The summed E-state index contributed by atoms with van der Waals surface area (Å²) in [4.78, 5) is 17.8. The smallest absolute Gasteiger partial charge is 0.288 e. The lowest BCUT2D eigenvalue weighted by molar-refractivity contribution is -0.153. The average molecular weight is 648 g/mol. The van der Waals surface area contributed by atoms with Gasteiger partial charge in [0.25, 0.3) is 5.91 Å². The Bertz CT molecular complexity index is 1680. The van der Waals surface area contributed by atoms with Crippen molar-refractivity contribution in [2.75, 3.05) is 66.6 Å². The summed E-state index contributed by atoms with van der Waals surface area (Å²) in [5.74, 6) is 0.509. The van der Waals surface area contributed by atoms with E-state index in [0.717, 1.165) is 25.1 Å². The molecule has 2 aliphatic heterocycles. The van der Waals surface area contributed by atoms with Gasteiger partial charge in [0.05, 0.1) is 25.2 Å². The van der Waals surface area contributed by atoms with Gasteiger partial charge < -0.3 is 29.1 Å². The number of hydrogen-bond donors (Lipinski definition) is 1. The van der Waals surface area contributed by atoms with Crippen molar-refractivity contribution in [1.29, 1.82) is 0 Å². The van der Waals surface area contributed by atoms with Crippen molar-refractivity contribution in [3.63, 3.8) is 0 Å². The van der Waals surface area contributed by atoms with E-state index in [9.17, 15) is 18.3 Å². The molecule has 0 bridgehead atoms. The molecule has 1 N–H and O–H groups in total. The number of methoxy groups -OCH3 is 1. The number of fused-ring (bicyclic) bond motifs is 3. The first-order chi connectivity index (χ1) is 22.3. The number of carbonyl (C=O) groups is 1. The molecule has 244 valence electrons. The van der Waals surface area contributed by atoms with Gasteiger partial charge in [-0.25, -0.2) is 8.42 Å². The molecule has 1 amide bonds. The Morgan fingerprint density at radius 3 is 2.46 bits per heavy atom. The maximum Gasteiger partial charge on any atom is 0.288 e. The van der Waals surface area contributed by atoms with Gasteiger partial charge in [0, 0.05) is 51.6 Å². The number of piperazine rings is 1. The Hall–Kier alpha value is -3.74. The van der Waals surface area contributed by atoms with Crippen LogP contribution < -0.4 is 4.74 Å². The maximum atomic E-state index is 13.7. The SMILES string of the molecule is COc1ccc(S(=O)(=O)N(CCO)CCO[C@@H]2C[C@H](c3ccc4c(c3)Cc3ccccc3-4)C=C(C(=O)N3CCN(C)CC3)O2)cc1. The molecule has 0 spiro atoms. The van der Waals surface area contributed by atoms with Crippen molar-refractivity contribution in [3.8, 4) is 16.9 Å². The molecule has 10 nitrogen and oxygen atoms in total. The van der Waals surface area contributed by atoms with E-state index in [2.05, 4.69) is 47.4 Å². The van der Waals surface area contributed by atoms with Crippen LogP contribution in [0.1, 0.15) is 29.0 Å². The molecular formula is C35H41N3O7S. The van der Waals surface area contributed by atoms with Crippen LogP contribution >= 0.6 is 0 Å². The molecule has 6 rings (SSSR count). The third kappa shape index (κ3) is 6.84. The van der Waals surface area contributed by atoms with Crippen LogP contribution in [0.5, 0.6) is 5.75 Å². The number of carbonyl (C=O) groups excluding carboxylic acids is 1. The summed E-state index contributed by atoms with van der Waals surface area (Å²) in [6.07, 6.45) is 2.49. The fourth-order valence-electron chi connectivity index (χ4n) is 6.35. The minimum absolute atomic E-state index is 0.00199. The highest BCUT2D eigenvalue weighted by atomic mass is 32.2. The number of nitrogens with zero attached hydrogens (tertiary/aromatic N) is 3. The first kappa shape index (κ1) is 32.2. The normalized spacial score (nSPS) is 19.7. The molecule has 3 aromatic carbocycles. The standard InChI is InChI=1S/C35H41N3O7S/c1-36-13-15-37(16-14-36)35(40)33-23-27(25-7-12-32-28(21-25)22-26-5-3-4-6-31(26)32)24-34(45-33)44-20-18-38(17-19-39)46(41,42)30-10-8-29(43-2)9-11-30/h3-12,21,23,27,34,39H,13-20,22,24H2,1-2H3/t27-,34+/m1/s1. The van der Waals surface area contributed by atoms with Crippen LogP contribution in [0.2, 0.25) is 0 Å². The third-order valence-electron chi connectivity index (χ3n) is 9.00. The zero-order chi connectivity index (χ0) is 32.3. The number of aliphatic hydroxyl groups is 1. The molecule has 11 heteroatoms. The summed E-state index contributed by atoms with van der Waals surface area (Å²) in [7, 11) is -0.342. The highest BCUT2D eigenvalue weighted by Gasteiger charge is 2.33. The first-order valence-electron chi connectivity index (χ1n) is 15.7. The molecule has 46 heavy (non-hydrogen) atoms. The molecule has 0 unspecified atom stereocenters. The van der Waals surface area contributed by atoms with Crippen molar-refractivity contribution >= 4 is 15.9 Å². The van der Waals surface area contributed by atoms with Crippen molar-refractivity contribution in [2.45, 2.75) is 29.9 Å². The summed E-state index contributed by atoms with van der Waals surface area (Å²) < 4.78 is 45.4. The number of hydrogen-bond acceptors (Lipinski definition) is 8. The van der Waals surface area contributed by atoms with Gasteiger partial charge in [0.2, 0.25) is 16.3 Å². The number of ether oxygens (including phenoxy) is 3. The molecule has 0 aromatic heterocycles. The summed E-state index contributed by atoms with van der Waals surface area (Å²) >= 11 is 0. The Kier molecular flexibility index (Phi) is 9.76. The lowest BCUT2D eigenvalue weighted by Gasteiger charge is -2.35. The minimum Gasteiger partial charge on any atom is -0.497 e. The van der Waals surface area contributed by atoms with E-state index >= 15 is 0 Å². The van der Waals surface area contributed by atoms with E-state index in [0.29, 0.717) is 25.3 Å². The Morgan fingerprint density at radius 2 is 1.72 bits per heavy atom. The predicted molar refractivity (Wildman–Crippen MR) is 174 cm³/mol. The molecule has 0 saturated carbocycles. The van der Waals surface area contributed by atoms with E-state index in [-0.39, 0.29) is 48.8 Å². The van der Waals surface area contributed by atoms with E-state index in [1.165, 1.54) is 45.8 Å². The number of aliphatic hydroxyl groups excluding tert-OH is 1. The van der Waals surface area contributed by atoms with Gasteiger partial charge in [0.1, 0.15) is 5.75 Å². The van der Waals surface area contributed by atoms with Gasteiger partial charge in [-0.15, -0.1) is 0 Å². The third-order valence-corrected chi connectivity index (χ3v) is 10.9. The Labute approximate surface area is 270 Å². The largest absolute Gasteiger partial charge is 0.497 e. The van der Waals surface area contributed by atoms with E-state index < -0.39 is 16.3 Å². The molecule has 2 heterocycles. The molecule has 3 aliphatic rings. The molecule has 1 fully saturated rings. The van der Waals surface area contributed by atoms with Gasteiger partial charge in [0.15, 0.2) is 5.76 Å². The van der Waals surface area contributed by atoms with Gasteiger partial charge in [-0.1, -0.05) is 42.5 Å². The van der Waals surface area contributed by atoms with Crippen molar-refractivity contribution in [2.24, 2.45) is 0 Å². The second kappa shape index (κ2) is 13.9. The van der Waals surface area contributed by atoms with Crippen LogP contribution in [-0.2, 0) is 30.7 Å². The van der Waals surface area contributed by atoms with Gasteiger partial charge in [-0.2, -0.15) is 4.31 Å². The predicted octanol–water partition coefficient (Wildman–Crippen LogP) is 3.45. The van der Waals surface area contributed by atoms with Crippen molar-refractivity contribution in [3.05, 3.63) is 95.3 Å². The fourth-order valence-corrected chi connectivity index (χ4v) is 7.77. The monoisotopic (exact) mass is 647 g/mol. The zero-order valence-corrected chi connectivity index (χ0v) is 27.1. The fraction of sp³-hybridized carbons (Fsp3) is 0.400. The number of benzene rings is 3. The topological polar surface area (TPSA) is 109 Å². The van der Waals surface area contributed by atoms with Gasteiger partial charge >= 0.3 is 0 Å². The molecule has 3 aromatic rings. The quantitative estimate of drug-likeness (QED) is 0.264. The van der Waals surface area contributed by atoms with Crippen LogP contribution in [0, 0.1) is 0 Å². The van der Waals surface area contributed by atoms with Gasteiger partial charge in [-0.05, 0) is 71.6 Å². The highest BCUT2D eigenvalue weighted by Crippen LogP contribution is 2.40. The molecule has 0 radical (unpaired) electrons. The van der Waals surface area contributed by atoms with E-state index in [1.54, 1.807) is 12.1 Å². The second-order valence-electron chi connectivity index (χ2n) is 11.9. The Balaban J connectivity index is 1.19. The first-order valence-corrected chi connectivity index (χ1v) is 17.1. The van der Waals surface area contributed by atoms with E-state index in [4.69, 9.17) is 14.2 Å². The van der Waals surface area contributed by atoms with Crippen LogP contribution in [-0.4, -0.2) is 106 Å². The van der Waals surface area contributed by atoms with Crippen LogP contribution in [0.3, 0.4) is 0 Å². The summed E-state index contributed by atoms with van der Waals surface area (Å²) in [6.45, 7) is 2.40. The van der Waals surface area contributed by atoms with E-state index in [1.807, 2.05) is 18.0 Å². The summed E-state index contributed by atoms with van der Waals surface area (Å²) in [5.41, 5.74) is 6.14. The van der Waals surface area contributed by atoms with Crippen LogP contribution in [0.25, 0.3) is 11.1 Å². The molecule has 2 atom stereocenters. The van der Waals surface area contributed by atoms with Gasteiger partial charge in [-0.3, -0.25) is 4.79 Å².